The maximum atomic E-state index is 2.44. The second-order valence-corrected chi connectivity index (χ2v) is 16.1. The SMILES string of the molecule is c1ccc(-c2ccc(-c3ccc(N(c4ccc(-c5ccc6c7ccc8ccccc8c7n(-c7ccccc7)c6c5)cc4)c4cc5ccccc5c5ccccc45)cc3)cc2)cc1. The van der Waals surface area contributed by atoms with Gasteiger partial charge in [-0.25, -0.2) is 0 Å². The van der Waals surface area contributed by atoms with Crippen LogP contribution in [-0.4, -0.2) is 4.57 Å². The standard InChI is InChI=1S/C60H40N2/c1-3-13-41(14-4-1)42-23-25-43(26-24-42)44-27-33-50(34-28-44)61(58-40-48-16-8-9-19-52(48)54-21-11-12-22-55(54)58)51-35-29-45(30-36-51)47-32-37-56-57-38-31-46-15-7-10-20-53(46)60(57)62(59(56)39-47)49-17-5-2-6-18-49/h1-40H. The number of hydrogen-bond acceptors (Lipinski definition) is 1. The van der Waals surface area contributed by atoms with E-state index in [-0.39, 0.29) is 0 Å². The van der Waals surface area contributed by atoms with Gasteiger partial charge in [-0.3, -0.25) is 0 Å². The molecule has 0 spiro atoms. The number of hydrogen-bond donors (Lipinski definition) is 0. The molecule has 0 bridgehead atoms. The molecule has 62 heavy (non-hydrogen) atoms. The van der Waals surface area contributed by atoms with Crippen LogP contribution in [0.5, 0.6) is 0 Å². The van der Waals surface area contributed by atoms with Crippen LogP contribution in [0.3, 0.4) is 0 Å². The molecule has 0 saturated heterocycles. The number of nitrogens with zero attached hydrogens (tertiary/aromatic N) is 2. The second-order valence-electron chi connectivity index (χ2n) is 16.1. The van der Waals surface area contributed by atoms with Gasteiger partial charge in [0.05, 0.1) is 16.7 Å². The lowest BCUT2D eigenvalue weighted by molar-refractivity contribution is 1.19. The van der Waals surface area contributed by atoms with Gasteiger partial charge in [0.2, 0.25) is 0 Å². The maximum absolute atomic E-state index is 2.44. The van der Waals surface area contributed by atoms with E-state index < -0.39 is 0 Å². The summed E-state index contributed by atoms with van der Waals surface area (Å²) in [5.41, 5.74) is 14.1. The fraction of sp³-hybridized carbons (Fsp3) is 0. The van der Waals surface area contributed by atoms with Crippen molar-refractivity contribution in [2.24, 2.45) is 0 Å². The molecular formula is C60H40N2. The van der Waals surface area contributed by atoms with Gasteiger partial charge < -0.3 is 9.47 Å². The number of anilines is 3. The van der Waals surface area contributed by atoms with Crippen LogP contribution in [0, 0.1) is 0 Å². The van der Waals surface area contributed by atoms with Crippen LogP contribution in [0.4, 0.5) is 17.1 Å². The minimum absolute atomic E-state index is 1.10. The summed E-state index contributed by atoms with van der Waals surface area (Å²) in [5.74, 6) is 0. The molecule has 2 heteroatoms. The third kappa shape index (κ3) is 6.04. The van der Waals surface area contributed by atoms with Gasteiger partial charge in [-0.15, -0.1) is 0 Å². The minimum Gasteiger partial charge on any atom is -0.310 e. The van der Waals surface area contributed by atoms with Crippen LogP contribution in [0.2, 0.25) is 0 Å². The Hall–Kier alpha value is -8.20. The lowest BCUT2D eigenvalue weighted by Gasteiger charge is -2.28. The summed E-state index contributed by atoms with van der Waals surface area (Å²) in [5, 5.41) is 9.94. The zero-order valence-electron chi connectivity index (χ0n) is 34.0. The molecule has 0 atom stereocenters. The summed E-state index contributed by atoms with van der Waals surface area (Å²) in [6.07, 6.45) is 0. The first-order valence-corrected chi connectivity index (χ1v) is 21.3. The number of para-hydroxylation sites is 1. The smallest absolute Gasteiger partial charge is 0.0619 e. The van der Waals surface area contributed by atoms with Crippen molar-refractivity contribution in [3.05, 3.63) is 243 Å². The first kappa shape index (κ1) is 35.7. The quantitative estimate of drug-likeness (QED) is 0.146. The summed E-state index contributed by atoms with van der Waals surface area (Å²) in [4.78, 5) is 2.42. The highest BCUT2D eigenvalue weighted by molar-refractivity contribution is 6.19. The molecular weight excluding hydrogens is 749 g/mol. The highest BCUT2D eigenvalue weighted by Crippen LogP contribution is 2.44. The highest BCUT2D eigenvalue weighted by Gasteiger charge is 2.19. The molecule has 0 aliphatic carbocycles. The van der Waals surface area contributed by atoms with Gasteiger partial charge in [-0.2, -0.15) is 0 Å². The van der Waals surface area contributed by atoms with E-state index in [1.807, 2.05) is 0 Å². The van der Waals surface area contributed by atoms with Crippen molar-refractivity contribution in [2.75, 3.05) is 4.90 Å². The summed E-state index contributed by atoms with van der Waals surface area (Å²) >= 11 is 0. The zero-order valence-corrected chi connectivity index (χ0v) is 34.0. The Kier molecular flexibility index (Phi) is 8.53. The molecule has 0 unspecified atom stereocenters. The fourth-order valence-electron chi connectivity index (χ4n) is 9.54. The first-order chi connectivity index (χ1) is 30.7. The minimum atomic E-state index is 1.10. The number of aromatic nitrogens is 1. The Labute approximate surface area is 360 Å². The predicted molar refractivity (Wildman–Crippen MR) is 264 cm³/mol. The van der Waals surface area contributed by atoms with Crippen molar-refractivity contribution in [3.8, 4) is 39.1 Å². The highest BCUT2D eigenvalue weighted by atomic mass is 15.1. The van der Waals surface area contributed by atoms with E-state index in [1.54, 1.807) is 0 Å². The molecule has 1 aromatic heterocycles. The number of rotatable bonds is 7. The van der Waals surface area contributed by atoms with E-state index in [2.05, 4.69) is 252 Å². The van der Waals surface area contributed by atoms with Gasteiger partial charge in [0.15, 0.2) is 0 Å². The normalized spacial score (nSPS) is 11.5. The topological polar surface area (TPSA) is 8.17 Å². The average molecular weight is 789 g/mol. The summed E-state index contributed by atoms with van der Waals surface area (Å²) in [7, 11) is 0. The monoisotopic (exact) mass is 788 g/mol. The lowest BCUT2D eigenvalue weighted by atomic mass is 9.98. The van der Waals surface area contributed by atoms with Crippen LogP contribution in [0.1, 0.15) is 0 Å². The molecule has 12 aromatic rings. The van der Waals surface area contributed by atoms with Gasteiger partial charge in [0.25, 0.3) is 0 Å². The molecule has 11 aromatic carbocycles. The number of benzene rings is 11. The molecule has 0 N–H and O–H groups in total. The van der Waals surface area contributed by atoms with E-state index in [0.717, 1.165) is 22.7 Å². The van der Waals surface area contributed by atoms with Gasteiger partial charge in [-0.05, 0) is 103 Å². The van der Waals surface area contributed by atoms with Crippen molar-refractivity contribution in [3.63, 3.8) is 0 Å². The molecule has 12 rings (SSSR count). The average Bonchev–Trinajstić information content (AvgIpc) is 3.69. The van der Waals surface area contributed by atoms with Gasteiger partial charge in [0.1, 0.15) is 0 Å². The van der Waals surface area contributed by atoms with Crippen molar-refractivity contribution >= 4 is 71.2 Å². The van der Waals surface area contributed by atoms with Crippen LogP contribution >= 0.6 is 0 Å². The molecule has 0 radical (unpaired) electrons. The Morgan fingerprint density at radius 1 is 0.274 bits per heavy atom. The van der Waals surface area contributed by atoms with E-state index in [1.165, 1.54) is 87.5 Å². The van der Waals surface area contributed by atoms with Crippen LogP contribution in [-0.2, 0) is 0 Å². The van der Waals surface area contributed by atoms with E-state index in [0.29, 0.717) is 0 Å². The van der Waals surface area contributed by atoms with Crippen molar-refractivity contribution in [2.45, 2.75) is 0 Å². The third-order valence-corrected chi connectivity index (χ3v) is 12.6. The van der Waals surface area contributed by atoms with Crippen LogP contribution in [0.25, 0.3) is 93.2 Å². The first-order valence-electron chi connectivity index (χ1n) is 21.3. The Balaban J connectivity index is 0.979. The predicted octanol–water partition coefficient (Wildman–Crippen LogP) is 16.7. The molecule has 1 heterocycles. The number of fused-ring (bicyclic) bond motifs is 8. The van der Waals surface area contributed by atoms with Crippen molar-refractivity contribution in [1.82, 2.24) is 4.57 Å². The maximum Gasteiger partial charge on any atom is 0.0619 e. The summed E-state index contributed by atoms with van der Waals surface area (Å²) in [6, 6.07) is 88.4. The Bertz CT molecular complexity index is 3590. The molecule has 0 aliphatic rings. The molecule has 2 nitrogen and oxygen atoms in total. The molecule has 0 aliphatic heterocycles. The third-order valence-electron chi connectivity index (χ3n) is 12.6. The van der Waals surface area contributed by atoms with Crippen LogP contribution < -0.4 is 4.90 Å². The largest absolute Gasteiger partial charge is 0.310 e. The Morgan fingerprint density at radius 2 is 0.742 bits per heavy atom. The van der Waals surface area contributed by atoms with E-state index in [9.17, 15) is 0 Å². The summed E-state index contributed by atoms with van der Waals surface area (Å²) in [6.45, 7) is 0. The second kappa shape index (κ2) is 14.8. The lowest BCUT2D eigenvalue weighted by Crippen LogP contribution is -2.10. The van der Waals surface area contributed by atoms with Crippen molar-refractivity contribution < 1.29 is 0 Å². The van der Waals surface area contributed by atoms with Gasteiger partial charge in [0, 0.05) is 38.6 Å². The van der Waals surface area contributed by atoms with Crippen LogP contribution in [0.15, 0.2) is 243 Å². The van der Waals surface area contributed by atoms with E-state index >= 15 is 0 Å². The Morgan fingerprint density at radius 3 is 1.40 bits per heavy atom. The zero-order chi connectivity index (χ0) is 41.0. The fourth-order valence-corrected chi connectivity index (χ4v) is 9.54. The summed E-state index contributed by atoms with van der Waals surface area (Å²) < 4.78 is 2.44. The molecule has 0 amide bonds. The van der Waals surface area contributed by atoms with E-state index in [4.69, 9.17) is 0 Å². The van der Waals surface area contributed by atoms with Gasteiger partial charge in [-0.1, -0.05) is 194 Å². The molecule has 0 saturated carbocycles. The van der Waals surface area contributed by atoms with Crippen molar-refractivity contribution in [1.29, 1.82) is 0 Å². The molecule has 290 valence electrons. The molecule has 0 fully saturated rings. The van der Waals surface area contributed by atoms with Gasteiger partial charge >= 0.3 is 0 Å².